The molecule has 1 rings (SSSR count). The molecule has 0 aromatic heterocycles. The summed E-state index contributed by atoms with van der Waals surface area (Å²) in [5, 5.41) is 2.96. The van der Waals surface area contributed by atoms with E-state index in [0.29, 0.717) is 17.3 Å². The number of ether oxygens (including phenoxy) is 1. The quantitative estimate of drug-likeness (QED) is 0.560. The van der Waals surface area contributed by atoms with E-state index in [1.807, 2.05) is 6.92 Å². The Morgan fingerprint density at radius 1 is 1.77 bits per heavy atom. The van der Waals surface area contributed by atoms with Crippen LogP contribution >= 0.6 is 24.0 Å². The monoisotopic (exact) mass is 217 g/mol. The molecule has 1 N–H and O–H groups in total. The summed E-state index contributed by atoms with van der Waals surface area (Å²) in [7, 11) is 0. The van der Waals surface area contributed by atoms with E-state index >= 15 is 0 Å². The van der Waals surface area contributed by atoms with Crippen molar-refractivity contribution in [3.05, 3.63) is 10.6 Å². The van der Waals surface area contributed by atoms with Crippen molar-refractivity contribution in [2.24, 2.45) is 0 Å². The smallest absolute Gasteiger partial charge is 0.346 e. The van der Waals surface area contributed by atoms with Gasteiger partial charge in [-0.2, -0.15) is 0 Å². The maximum Gasteiger partial charge on any atom is 0.346 e. The SMILES string of the molecule is CCOC(=O)C1=C(C)NC(=S)CS1. The lowest BCUT2D eigenvalue weighted by Gasteiger charge is -2.18. The standard InChI is InChI=1S/C8H11NO2S2/c1-3-11-8(10)7-5(2)9-6(12)4-13-7/h3-4H2,1-2H3,(H,9,12). The van der Waals surface area contributed by atoms with Crippen molar-refractivity contribution in [1.82, 2.24) is 5.32 Å². The summed E-state index contributed by atoms with van der Waals surface area (Å²) >= 11 is 6.40. The molecule has 3 nitrogen and oxygen atoms in total. The topological polar surface area (TPSA) is 38.3 Å². The van der Waals surface area contributed by atoms with E-state index < -0.39 is 0 Å². The van der Waals surface area contributed by atoms with Crippen molar-refractivity contribution in [3.63, 3.8) is 0 Å². The summed E-state index contributed by atoms with van der Waals surface area (Å²) in [5.41, 5.74) is 0.791. The van der Waals surface area contributed by atoms with Crippen LogP contribution in [0.25, 0.3) is 0 Å². The van der Waals surface area contributed by atoms with Gasteiger partial charge in [-0.05, 0) is 13.8 Å². The second-order valence-electron chi connectivity index (χ2n) is 2.51. The highest BCUT2D eigenvalue weighted by molar-refractivity contribution is 8.05. The van der Waals surface area contributed by atoms with Crippen LogP contribution in [0.3, 0.4) is 0 Å². The van der Waals surface area contributed by atoms with Crippen molar-refractivity contribution in [1.29, 1.82) is 0 Å². The Labute approximate surface area is 86.9 Å². The molecule has 0 aliphatic carbocycles. The van der Waals surface area contributed by atoms with Gasteiger partial charge in [0, 0.05) is 11.4 Å². The Kier molecular flexibility index (Phi) is 3.74. The minimum atomic E-state index is -0.264. The van der Waals surface area contributed by atoms with E-state index in [2.05, 4.69) is 5.32 Å². The van der Waals surface area contributed by atoms with Crippen molar-refractivity contribution in [3.8, 4) is 0 Å². The molecule has 0 aromatic carbocycles. The molecule has 0 saturated carbocycles. The number of thiocarbonyl (C=S) groups is 1. The highest BCUT2D eigenvalue weighted by Crippen LogP contribution is 2.24. The first kappa shape index (κ1) is 10.5. The summed E-state index contributed by atoms with van der Waals surface area (Å²) in [6.45, 7) is 4.02. The maximum absolute atomic E-state index is 11.3. The first-order valence-electron chi connectivity index (χ1n) is 3.95. The third-order valence-corrected chi connectivity index (χ3v) is 3.10. The lowest BCUT2D eigenvalue weighted by molar-refractivity contribution is -0.137. The molecule has 0 radical (unpaired) electrons. The number of hydrogen-bond acceptors (Lipinski definition) is 4. The summed E-state index contributed by atoms with van der Waals surface area (Å²) in [6, 6.07) is 0. The highest BCUT2D eigenvalue weighted by atomic mass is 32.2. The zero-order valence-electron chi connectivity index (χ0n) is 7.55. The number of rotatable bonds is 2. The van der Waals surface area contributed by atoms with Gasteiger partial charge in [0.15, 0.2) is 0 Å². The fourth-order valence-corrected chi connectivity index (χ4v) is 2.08. The average Bonchev–Trinajstić information content (AvgIpc) is 2.04. The molecule has 0 spiro atoms. The Morgan fingerprint density at radius 3 is 3.00 bits per heavy atom. The van der Waals surface area contributed by atoms with Gasteiger partial charge in [-0.1, -0.05) is 12.2 Å². The first-order chi connectivity index (χ1) is 6.15. The fourth-order valence-electron chi connectivity index (χ4n) is 0.957. The Bertz CT molecular complexity index is 273. The van der Waals surface area contributed by atoms with Crippen LogP contribution in [0.4, 0.5) is 0 Å². The van der Waals surface area contributed by atoms with Gasteiger partial charge in [-0.15, -0.1) is 11.8 Å². The van der Waals surface area contributed by atoms with Gasteiger partial charge in [0.05, 0.1) is 11.6 Å². The van der Waals surface area contributed by atoms with E-state index in [-0.39, 0.29) is 5.97 Å². The van der Waals surface area contributed by atoms with Gasteiger partial charge in [0.1, 0.15) is 4.91 Å². The average molecular weight is 217 g/mol. The molecule has 0 aromatic rings. The van der Waals surface area contributed by atoms with Gasteiger partial charge < -0.3 is 10.1 Å². The molecule has 5 heteroatoms. The van der Waals surface area contributed by atoms with Crippen molar-refractivity contribution in [2.75, 3.05) is 12.4 Å². The molecular formula is C8H11NO2S2. The van der Waals surface area contributed by atoms with Crippen LogP contribution in [-0.4, -0.2) is 23.3 Å². The van der Waals surface area contributed by atoms with Gasteiger partial charge >= 0.3 is 5.97 Å². The Hall–Kier alpha value is -0.550. The molecule has 0 unspecified atom stereocenters. The number of thioether (sulfide) groups is 1. The van der Waals surface area contributed by atoms with Crippen molar-refractivity contribution < 1.29 is 9.53 Å². The second-order valence-corrected chi connectivity index (χ2v) is 3.99. The zero-order valence-corrected chi connectivity index (χ0v) is 9.18. The number of nitrogens with one attached hydrogen (secondary N) is 1. The molecule has 0 amide bonds. The summed E-state index contributed by atoms with van der Waals surface area (Å²) < 4.78 is 4.89. The predicted molar refractivity (Wildman–Crippen MR) is 57.5 cm³/mol. The second kappa shape index (κ2) is 4.62. The summed E-state index contributed by atoms with van der Waals surface area (Å²) in [6.07, 6.45) is 0. The van der Waals surface area contributed by atoms with Crippen molar-refractivity contribution in [2.45, 2.75) is 13.8 Å². The Morgan fingerprint density at radius 2 is 2.46 bits per heavy atom. The first-order valence-corrected chi connectivity index (χ1v) is 5.35. The number of esters is 1. The number of carbonyl (C=O) groups is 1. The molecule has 0 fully saturated rings. The molecule has 0 bridgehead atoms. The van der Waals surface area contributed by atoms with E-state index in [9.17, 15) is 4.79 Å². The third kappa shape index (κ3) is 2.70. The lowest BCUT2D eigenvalue weighted by atomic mass is 10.4. The number of carbonyl (C=O) groups excluding carboxylic acids is 1. The van der Waals surface area contributed by atoms with Crippen molar-refractivity contribution >= 4 is 34.9 Å². The van der Waals surface area contributed by atoms with Crippen LogP contribution in [0.5, 0.6) is 0 Å². The summed E-state index contributed by atoms with van der Waals surface area (Å²) in [5.74, 6) is 0.390. The van der Waals surface area contributed by atoms with E-state index in [0.717, 1.165) is 10.7 Å². The van der Waals surface area contributed by atoms with Crippen LogP contribution in [0.15, 0.2) is 10.6 Å². The molecule has 1 aliphatic rings. The van der Waals surface area contributed by atoms with Crippen LogP contribution in [-0.2, 0) is 9.53 Å². The van der Waals surface area contributed by atoms with E-state index in [4.69, 9.17) is 17.0 Å². The lowest BCUT2D eigenvalue weighted by Crippen LogP contribution is -2.28. The fraction of sp³-hybridized carbons (Fsp3) is 0.500. The van der Waals surface area contributed by atoms with Gasteiger partial charge in [0.25, 0.3) is 0 Å². The maximum atomic E-state index is 11.3. The van der Waals surface area contributed by atoms with Gasteiger partial charge in [-0.3, -0.25) is 0 Å². The Balaban J connectivity index is 2.73. The highest BCUT2D eigenvalue weighted by Gasteiger charge is 2.20. The van der Waals surface area contributed by atoms with Gasteiger partial charge in [0.2, 0.25) is 0 Å². The normalized spacial score (nSPS) is 16.9. The number of allylic oxidation sites excluding steroid dienone is 1. The van der Waals surface area contributed by atoms with Crippen LogP contribution < -0.4 is 5.32 Å². The van der Waals surface area contributed by atoms with Crippen LogP contribution in [0.2, 0.25) is 0 Å². The minimum absolute atomic E-state index is 0.264. The van der Waals surface area contributed by atoms with Crippen LogP contribution in [0.1, 0.15) is 13.8 Å². The largest absolute Gasteiger partial charge is 0.462 e. The molecule has 0 saturated heterocycles. The molecule has 72 valence electrons. The van der Waals surface area contributed by atoms with Crippen LogP contribution in [0, 0.1) is 0 Å². The third-order valence-electron chi connectivity index (χ3n) is 1.48. The minimum Gasteiger partial charge on any atom is -0.462 e. The molecule has 0 atom stereocenters. The van der Waals surface area contributed by atoms with Gasteiger partial charge in [-0.25, -0.2) is 4.79 Å². The van der Waals surface area contributed by atoms with E-state index in [1.165, 1.54) is 11.8 Å². The predicted octanol–water partition coefficient (Wildman–Crippen LogP) is 1.44. The molecular weight excluding hydrogens is 206 g/mol. The zero-order chi connectivity index (χ0) is 9.84. The van der Waals surface area contributed by atoms with E-state index in [1.54, 1.807) is 6.92 Å². The summed E-state index contributed by atoms with van der Waals surface area (Å²) in [4.78, 5) is 12.7. The molecule has 13 heavy (non-hydrogen) atoms. The number of hydrogen-bond donors (Lipinski definition) is 1. The molecule has 1 aliphatic heterocycles. The molecule has 1 heterocycles.